The van der Waals surface area contributed by atoms with Gasteiger partial charge >= 0.3 is 6.36 Å². The average molecular weight is 374 g/mol. The Balaban J connectivity index is 1.97. The van der Waals surface area contributed by atoms with Gasteiger partial charge in [0.1, 0.15) is 11.6 Å². The van der Waals surface area contributed by atoms with E-state index in [2.05, 4.69) is 15.4 Å². The first kappa shape index (κ1) is 19.5. The molecule has 2 aromatic carbocycles. The van der Waals surface area contributed by atoms with Gasteiger partial charge < -0.3 is 15.4 Å². The summed E-state index contributed by atoms with van der Waals surface area (Å²) in [5, 5.41) is 4.99. The lowest BCUT2D eigenvalue weighted by molar-refractivity contribution is -0.274. The summed E-state index contributed by atoms with van der Waals surface area (Å²) in [6.45, 7) is 1.13. The Morgan fingerprint density at radius 3 is 2.50 bits per heavy atom. The third-order valence-corrected chi connectivity index (χ3v) is 3.36. The second kappa shape index (κ2) is 8.03. The van der Waals surface area contributed by atoms with Crippen molar-refractivity contribution in [1.29, 1.82) is 0 Å². The second-order valence-electron chi connectivity index (χ2n) is 5.35. The number of anilines is 1. The molecule has 0 saturated carbocycles. The Bertz CT molecular complexity index is 780. The van der Waals surface area contributed by atoms with Gasteiger partial charge in [0.25, 0.3) is 0 Å². The monoisotopic (exact) mass is 374 g/mol. The number of rotatable bonds is 6. The maximum atomic E-state index is 13.7. The van der Waals surface area contributed by atoms with Crippen LogP contribution in [-0.4, -0.2) is 18.8 Å². The van der Waals surface area contributed by atoms with Crippen LogP contribution in [0.1, 0.15) is 18.5 Å². The molecule has 0 bridgehead atoms. The number of carbonyl (C=O) groups is 1. The van der Waals surface area contributed by atoms with E-state index >= 15 is 0 Å². The molecule has 2 rings (SSSR count). The number of ether oxygens (including phenoxy) is 1. The number of benzene rings is 2. The number of hydrogen-bond donors (Lipinski definition) is 2. The standard InChI is InChI=1S/C17H15F5N2O2/c1-10(12-7-6-11(18)8-13(12)19)24-16(25)9-23-14-4-2-3-5-15(14)26-17(20,21)22/h2-8,10,23H,9H2,1H3,(H,24,25)/t10-/m1/s1. The van der Waals surface area contributed by atoms with Gasteiger partial charge in [0, 0.05) is 11.6 Å². The highest BCUT2D eigenvalue weighted by Crippen LogP contribution is 2.29. The van der Waals surface area contributed by atoms with E-state index in [0.29, 0.717) is 6.07 Å². The maximum Gasteiger partial charge on any atom is 0.573 e. The minimum Gasteiger partial charge on any atom is -0.404 e. The summed E-state index contributed by atoms with van der Waals surface area (Å²) in [7, 11) is 0. The number of carbonyl (C=O) groups excluding carboxylic acids is 1. The minimum atomic E-state index is -4.87. The van der Waals surface area contributed by atoms with Gasteiger partial charge in [-0.15, -0.1) is 13.2 Å². The maximum absolute atomic E-state index is 13.7. The molecule has 0 unspecified atom stereocenters. The molecule has 0 spiro atoms. The number of amides is 1. The normalized spacial score (nSPS) is 12.4. The van der Waals surface area contributed by atoms with Crippen LogP contribution < -0.4 is 15.4 Å². The largest absolute Gasteiger partial charge is 0.573 e. The van der Waals surface area contributed by atoms with Crippen molar-refractivity contribution in [2.24, 2.45) is 0 Å². The van der Waals surface area contributed by atoms with E-state index in [0.717, 1.165) is 12.1 Å². The number of nitrogens with one attached hydrogen (secondary N) is 2. The predicted molar refractivity (Wildman–Crippen MR) is 84.5 cm³/mol. The molecule has 0 aliphatic rings. The highest BCUT2D eigenvalue weighted by atomic mass is 19.4. The number of halogens is 5. The third kappa shape index (κ3) is 5.61. The molecule has 1 amide bonds. The van der Waals surface area contributed by atoms with Crippen molar-refractivity contribution in [3.05, 3.63) is 59.7 Å². The Morgan fingerprint density at radius 2 is 1.85 bits per heavy atom. The van der Waals surface area contributed by atoms with Crippen LogP contribution in [0.4, 0.5) is 27.6 Å². The fourth-order valence-corrected chi connectivity index (χ4v) is 2.22. The molecule has 0 aliphatic carbocycles. The van der Waals surface area contributed by atoms with Crippen molar-refractivity contribution < 1.29 is 31.5 Å². The lowest BCUT2D eigenvalue weighted by atomic mass is 10.1. The van der Waals surface area contributed by atoms with Crippen LogP contribution in [0.3, 0.4) is 0 Å². The van der Waals surface area contributed by atoms with Gasteiger partial charge in [-0.05, 0) is 25.1 Å². The van der Waals surface area contributed by atoms with Crippen LogP contribution in [0.5, 0.6) is 5.75 Å². The van der Waals surface area contributed by atoms with E-state index in [1.807, 2.05) is 0 Å². The molecule has 140 valence electrons. The van der Waals surface area contributed by atoms with Gasteiger partial charge in [-0.2, -0.15) is 0 Å². The summed E-state index contributed by atoms with van der Waals surface area (Å²) in [6, 6.07) is 7.44. The van der Waals surface area contributed by atoms with Crippen molar-refractivity contribution in [3.8, 4) is 5.75 Å². The zero-order valence-electron chi connectivity index (χ0n) is 13.5. The summed E-state index contributed by atoms with van der Waals surface area (Å²) in [5.41, 5.74) is 0.0566. The molecule has 2 aromatic rings. The predicted octanol–water partition coefficient (Wildman–Crippen LogP) is 4.15. The Labute approximate surface area is 146 Å². The van der Waals surface area contributed by atoms with Gasteiger partial charge in [-0.1, -0.05) is 18.2 Å². The number of hydrogen-bond acceptors (Lipinski definition) is 3. The zero-order valence-corrected chi connectivity index (χ0v) is 13.5. The van der Waals surface area contributed by atoms with Crippen molar-refractivity contribution in [3.63, 3.8) is 0 Å². The van der Waals surface area contributed by atoms with E-state index in [1.54, 1.807) is 0 Å². The molecule has 0 aromatic heterocycles. The summed E-state index contributed by atoms with van der Waals surface area (Å²) >= 11 is 0. The van der Waals surface area contributed by atoms with Crippen LogP contribution >= 0.6 is 0 Å². The molecular formula is C17H15F5N2O2. The Hall–Kier alpha value is -2.84. The van der Waals surface area contributed by atoms with Crippen LogP contribution in [0.2, 0.25) is 0 Å². The van der Waals surface area contributed by atoms with E-state index < -0.39 is 35.7 Å². The van der Waals surface area contributed by atoms with E-state index in [1.165, 1.54) is 31.2 Å². The van der Waals surface area contributed by atoms with Crippen molar-refractivity contribution in [2.45, 2.75) is 19.3 Å². The van der Waals surface area contributed by atoms with Crippen molar-refractivity contribution in [1.82, 2.24) is 5.32 Å². The molecule has 1 atom stereocenters. The quantitative estimate of drug-likeness (QED) is 0.747. The Morgan fingerprint density at radius 1 is 1.15 bits per heavy atom. The van der Waals surface area contributed by atoms with Crippen LogP contribution in [-0.2, 0) is 4.79 Å². The van der Waals surface area contributed by atoms with Gasteiger partial charge in [0.2, 0.25) is 5.91 Å². The molecule has 0 fully saturated rings. The first-order chi connectivity index (χ1) is 12.2. The fourth-order valence-electron chi connectivity index (χ4n) is 2.22. The molecule has 2 N–H and O–H groups in total. The first-order valence-corrected chi connectivity index (χ1v) is 7.48. The number of para-hydroxylation sites is 2. The third-order valence-electron chi connectivity index (χ3n) is 3.36. The molecule has 0 aliphatic heterocycles. The lowest BCUT2D eigenvalue weighted by Gasteiger charge is -2.17. The van der Waals surface area contributed by atoms with E-state index in [-0.39, 0.29) is 17.8 Å². The zero-order chi connectivity index (χ0) is 19.3. The highest BCUT2D eigenvalue weighted by molar-refractivity contribution is 5.81. The summed E-state index contributed by atoms with van der Waals surface area (Å²) in [5.74, 6) is -2.63. The number of alkyl halides is 3. The van der Waals surface area contributed by atoms with Gasteiger partial charge in [0.15, 0.2) is 5.75 Å². The van der Waals surface area contributed by atoms with E-state index in [4.69, 9.17) is 0 Å². The second-order valence-corrected chi connectivity index (χ2v) is 5.35. The van der Waals surface area contributed by atoms with Crippen LogP contribution in [0, 0.1) is 11.6 Å². The Kier molecular flexibility index (Phi) is 6.01. The molecule has 4 nitrogen and oxygen atoms in total. The molecule has 9 heteroatoms. The topological polar surface area (TPSA) is 50.4 Å². The van der Waals surface area contributed by atoms with Gasteiger partial charge in [-0.3, -0.25) is 4.79 Å². The summed E-state index contributed by atoms with van der Waals surface area (Å²) < 4.78 is 67.5. The van der Waals surface area contributed by atoms with Crippen molar-refractivity contribution in [2.75, 3.05) is 11.9 Å². The molecular weight excluding hydrogens is 359 g/mol. The van der Waals surface area contributed by atoms with Gasteiger partial charge in [-0.25, -0.2) is 8.78 Å². The average Bonchev–Trinajstić information content (AvgIpc) is 2.52. The molecule has 0 saturated heterocycles. The summed E-state index contributed by atoms with van der Waals surface area (Å²) in [4.78, 5) is 11.9. The fraction of sp³-hybridized carbons (Fsp3) is 0.235. The van der Waals surface area contributed by atoms with E-state index in [9.17, 15) is 26.7 Å². The molecule has 26 heavy (non-hydrogen) atoms. The molecule has 0 heterocycles. The SMILES string of the molecule is C[C@@H](NC(=O)CNc1ccccc1OC(F)(F)F)c1ccc(F)cc1F. The smallest absolute Gasteiger partial charge is 0.404 e. The summed E-state index contributed by atoms with van der Waals surface area (Å²) in [6.07, 6.45) is -4.87. The van der Waals surface area contributed by atoms with Crippen molar-refractivity contribution >= 4 is 11.6 Å². The van der Waals surface area contributed by atoms with Gasteiger partial charge in [0.05, 0.1) is 18.3 Å². The van der Waals surface area contributed by atoms with Crippen LogP contribution in [0.25, 0.3) is 0 Å². The minimum absolute atomic E-state index is 0.0272. The van der Waals surface area contributed by atoms with Crippen LogP contribution in [0.15, 0.2) is 42.5 Å². The first-order valence-electron chi connectivity index (χ1n) is 7.48. The lowest BCUT2D eigenvalue weighted by Crippen LogP contribution is -2.32. The highest BCUT2D eigenvalue weighted by Gasteiger charge is 2.32. The molecule has 0 radical (unpaired) electrons.